The van der Waals surface area contributed by atoms with Crippen LogP contribution in [-0.4, -0.2) is 23.6 Å². The maximum atomic E-state index is 5.94. The number of aromatic nitrogens is 2. The van der Waals surface area contributed by atoms with Gasteiger partial charge in [0, 0.05) is 18.7 Å². The van der Waals surface area contributed by atoms with Crippen LogP contribution >= 0.6 is 0 Å². The minimum absolute atomic E-state index is 0.0760. The molecule has 2 aromatic carbocycles. The zero-order chi connectivity index (χ0) is 17.1. The summed E-state index contributed by atoms with van der Waals surface area (Å²) in [6.07, 6.45) is 2.74. The lowest BCUT2D eigenvalue weighted by Crippen LogP contribution is -2.30. The van der Waals surface area contributed by atoms with Crippen LogP contribution in [0.15, 0.2) is 54.9 Å². The predicted octanol–water partition coefficient (Wildman–Crippen LogP) is 3.23. The van der Waals surface area contributed by atoms with Crippen molar-refractivity contribution in [1.29, 1.82) is 0 Å². The number of nitrogens with one attached hydrogen (secondary N) is 2. The van der Waals surface area contributed by atoms with E-state index in [0.29, 0.717) is 6.61 Å². The fourth-order valence-corrected chi connectivity index (χ4v) is 3.21. The molecule has 0 saturated heterocycles. The Morgan fingerprint density at radius 1 is 1.12 bits per heavy atom. The number of rotatable bonds is 5. The van der Waals surface area contributed by atoms with Gasteiger partial charge in [-0.25, -0.2) is 4.98 Å². The Kier molecular flexibility index (Phi) is 4.39. The van der Waals surface area contributed by atoms with Gasteiger partial charge in [-0.1, -0.05) is 36.4 Å². The van der Waals surface area contributed by atoms with Crippen molar-refractivity contribution in [1.82, 2.24) is 15.3 Å². The molecule has 2 N–H and O–H groups in total. The van der Waals surface area contributed by atoms with E-state index < -0.39 is 0 Å². The van der Waals surface area contributed by atoms with Gasteiger partial charge in [0.1, 0.15) is 6.61 Å². The molecule has 1 aromatic heterocycles. The number of hydrogen-bond acceptors (Lipinski definition) is 4. The largest absolute Gasteiger partial charge is 0.493 e. The van der Waals surface area contributed by atoms with Crippen molar-refractivity contribution in [3.8, 4) is 11.5 Å². The monoisotopic (exact) mass is 335 g/mol. The average molecular weight is 335 g/mol. The number of hydrogen-bond donors (Lipinski definition) is 2. The summed E-state index contributed by atoms with van der Waals surface area (Å²) in [5, 5.41) is 3.53. The smallest absolute Gasteiger partial charge is 0.161 e. The second-order valence-corrected chi connectivity index (χ2v) is 6.09. The lowest BCUT2D eigenvalue weighted by molar-refractivity contribution is 0.284. The van der Waals surface area contributed by atoms with E-state index in [0.717, 1.165) is 41.3 Å². The summed E-state index contributed by atoms with van der Waals surface area (Å²) in [6.45, 7) is 1.44. The van der Waals surface area contributed by atoms with E-state index >= 15 is 0 Å². The first-order valence-corrected chi connectivity index (χ1v) is 8.45. The molecule has 0 unspecified atom stereocenters. The molecule has 5 nitrogen and oxygen atoms in total. The fraction of sp³-hybridized carbons (Fsp3) is 0.250. The first kappa shape index (κ1) is 15.7. The van der Waals surface area contributed by atoms with Gasteiger partial charge in [-0.3, -0.25) is 0 Å². The van der Waals surface area contributed by atoms with Gasteiger partial charge < -0.3 is 19.8 Å². The summed E-state index contributed by atoms with van der Waals surface area (Å²) in [4.78, 5) is 7.71. The van der Waals surface area contributed by atoms with E-state index in [-0.39, 0.29) is 6.04 Å². The number of imidazole rings is 1. The molecule has 5 heteroatoms. The lowest BCUT2D eigenvalue weighted by atomic mass is 9.97. The maximum absolute atomic E-state index is 5.94. The number of aromatic amines is 1. The number of methoxy groups -OCH3 is 1. The van der Waals surface area contributed by atoms with Gasteiger partial charge in [0.05, 0.1) is 25.2 Å². The quantitative estimate of drug-likeness (QED) is 0.751. The van der Waals surface area contributed by atoms with Gasteiger partial charge in [0.15, 0.2) is 11.5 Å². The molecule has 128 valence electrons. The molecule has 0 fully saturated rings. The molecule has 25 heavy (non-hydrogen) atoms. The molecule has 0 amide bonds. The Morgan fingerprint density at radius 2 is 2.00 bits per heavy atom. The number of benzene rings is 2. The van der Waals surface area contributed by atoms with Crippen molar-refractivity contribution in [2.45, 2.75) is 19.1 Å². The number of ether oxygens (including phenoxy) is 2. The molecule has 0 bridgehead atoms. The highest BCUT2D eigenvalue weighted by atomic mass is 16.5. The number of fused-ring (bicyclic) bond motifs is 1. The van der Waals surface area contributed by atoms with E-state index in [1.165, 1.54) is 5.69 Å². The normalized spacial score (nSPS) is 16.3. The summed E-state index contributed by atoms with van der Waals surface area (Å²) < 4.78 is 11.5. The molecule has 1 aliphatic rings. The SMILES string of the molecule is COc1cc([C@H]2NCCc3[nH]cnc32)ccc1OCc1ccccc1. The second kappa shape index (κ2) is 6.99. The van der Waals surface area contributed by atoms with Crippen molar-refractivity contribution in [3.63, 3.8) is 0 Å². The molecule has 0 saturated carbocycles. The Bertz CT molecular complexity index is 845. The molecular formula is C20H21N3O2. The second-order valence-electron chi connectivity index (χ2n) is 6.09. The highest BCUT2D eigenvalue weighted by Crippen LogP contribution is 2.34. The lowest BCUT2D eigenvalue weighted by Gasteiger charge is -2.24. The molecule has 0 aliphatic carbocycles. The predicted molar refractivity (Wildman–Crippen MR) is 95.9 cm³/mol. The summed E-state index contributed by atoms with van der Waals surface area (Å²) >= 11 is 0. The Labute approximate surface area is 147 Å². The molecule has 3 aromatic rings. The minimum Gasteiger partial charge on any atom is -0.493 e. The summed E-state index contributed by atoms with van der Waals surface area (Å²) in [5.41, 5.74) is 4.51. The van der Waals surface area contributed by atoms with Gasteiger partial charge in [-0.05, 0) is 23.3 Å². The molecule has 0 radical (unpaired) electrons. The Balaban J connectivity index is 1.56. The zero-order valence-corrected chi connectivity index (χ0v) is 14.2. The van der Waals surface area contributed by atoms with Gasteiger partial charge in [-0.15, -0.1) is 0 Å². The highest BCUT2D eigenvalue weighted by Gasteiger charge is 2.24. The third-order valence-electron chi connectivity index (χ3n) is 4.51. The topological polar surface area (TPSA) is 59.2 Å². The van der Waals surface area contributed by atoms with Crippen LogP contribution in [0.5, 0.6) is 11.5 Å². The zero-order valence-electron chi connectivity index (χ0n) is 14.2. The van der Waals surface area contributed by atoms with Gasteiger partial charge in [0.2, 0.25) is 0 Å². The molecule has 0 spiro atoms. The van der Waals surface area contributed by atoms with Crippen molar-refractivity contribution >= 4 is 0 Å². The van der Waals surface area contributed by atoms with Crippen molar-refractivity contribution in [2.75, 3.05) is 13.7 Å². The van der Waals surface area contributed by atoms with Crippen molar-refractivity contribution < 1.29 is 9.47 Å². The van der Waals surface area contributed by atoms with Gasteiger partial charge in [0.25, 0.3) is 0 Å². The van der Waals surface area contributed by atoms with Gasteiger partial charge >= 0.3 is 0 Å². The number of nitrogens with zero attached hydrogens (tertiary/aromatic N) is 1. The van der Waals surface area contributed by atoms with Crippen LogP contribution in [0.4, 0.5) is 0 Å². The molecule has 4 rings (SSSR count). The third-order valence-corrected chi connectivity index (χ3v) is 4.51. The van der Waals surface area contributed by atoms with E-state index in [1.54, 1.807) is 13.4 Å². The van der Waals surface area contributed by atoms with Crippen LogP contribution in [0.1, 0.15) is 28.6 Å². The first-order chi connectivity index (χ1) is 12.3. The Hall–Kier alpha value is -2.79. The first-order valence-electron chi connectivity index (χ1n) is 8.45. The van der Waals surface area contributed by atoms with Crippen LogP contribution in [0.3, 0.4) is 0 Å². The Morgan fingerprint density at radius 3 is 2.84 bits per heavy atom. The third kappa shape index (κ3) is 3.23. The molecule has 1 aliphatic heterocycles. The summed E-state index contributed by atoms with van der Waals surface area (Å²) in [6, 6.07) is 16.3. The average Bonchev–Trinajstić information content (AvgIpc) is 3.16. The maximum Gasteiger partial charge on any atom is 0.161 e. The highest BCUT2D eigenvalue weighted by molar-refractivity contribution is 5.46. The van der Waals surface area contributed by atoms with Crippen LogP contribution in [0.25, 0.3) is 0 Å². The van der Waals surface area contributed by atoms with Crippen molar-refractivity contribution in [3.05, 3.63) is 77.4 Å². The summed E-state index contributed by atoms with van der Waals surface area (Å²) in [7, 11) is 1.67. The van der Waals surface area contributed by atoms with Crippen LogP contribution in [0, 0.1) is 0 Å². The summed E-state index contributed by atoms with van der Waals surface area (Å²) in [5.74, 6) is 1.48. The van der Waals surface area contributed by atoms with E-state index in [9.17, 15) is 0 Å². The van der Waals surface area contributed by atoms with E-state index in [1.807, 2.05) is 42.5 Å². The molecular weight excluding hydrogens is 314 g/mol. The molecule has 2 heterocycles. The van der Waals surface area contributed by atoms with Crippen LogP contribution < -0.4 is 14.8 Å². The van der Waals surface area contributed by atoms with E-state index in [4.69, 9.17) is 9.47 Å². The molecule has 1 atom stereocenters. The van der Waals surface area contributed by atoms with E-state index in [2.05, 4.69) is 21.4 Å². The minimum atomic E-state index is 0.0760. The fourth-order valence-electron chi connectivity index (χ4n) is 3.21. The number of H-pyrrole nitrogens is 1. The van der Waals surface area contributed by atoms with Crippen LogP contribution in [-0.2, 0) is 13.0 Å². The van der Waals surface area contributed by atoms with Crippen LogP contribution in [0.2, 0.25) is 0 Å². The standard InChI is InChI=1S/C20H21N3O2/c1-24-18-11-15(19-20-16(9-10-21-19)22-13-23-20)7-8-17(18)25-12-14-5-3-2-4-6-14/h2-8,11,13,19,21H,9-10,12H2,1H3,(H,22,23)/t19-/m1/s1. The van der Waals surface area contributed by atoms with Crippen molar-refractivity contribution in [2.24, 2.45) is 0 Å². The van der Waals surface area contributed by atoms with Gasteiger partial charge in [-0.2, -0.15) is 0 Å².